The second-order valence-electron chi connectivity index (χ2n) is 4.17. The number of ether oxygens (including phenoxy) is 2. The largest absolute Gasteiger partial charge is 0.458 e. The van der Waals surface area contributed by atoms with E-state index < -0.39 is 5.79 Å². The first-order valence-corrected chi connectivity index (χ1v) is 6.05. The minimum absolute atomic E-state index is 0.461. The van der Waals surface area contributed by atoms with Crippen molar-refractivity contribution in [3.63, 3.8) is 0 Å². The van der Waals surface area contributed by atoms with Gasteiger partial charge in [-0.2, -0.15) is 0 Å². The molecule has 1 atom stereocenters. The van der Waals surface area contributed by atoms with Gasteiger partial charge in [-0.25, -0.2) is 0 Å². The van der Waals surface area contributed by atoms with Gasteiger partial charge in [0.25, 0.3) is 0 Å². The monoisotopic (exact) mass is 218 g/mol. The van der Waals surface area contributed by atoms with Crippen molar-refractivity contribution in [2.24, 2.45) is 0 Å². The topological polar surface area (TPSA) is 18.5 Å². The molecule has 1 saturated heterocycles. The van der Waals surface area contributed by atoms with Crippen LogP contribution in [0.2, 0.25) is 0 Å². The van der Waals surface area contributed by atoms with Gasteiger partial charge in [-0.1, -0.05) is 25.2 Å². The van der Waals surface area contributed by atoms with Crippen LogP contribution in [0.1, 0.15) is 39.0 Å². The van der Waals surface area contributed by atoms with Gasteiger partial charge in [0.2, 0.25) is 5.79 Å². The molecule has 16 heavy (non-hydrogen) atoms. The number of allylic oxidation sites excluding steroid dienone is 2. The average molecular weight is 218 g/mol. The molecule has 2 nitrogen and oxygen atoms in total. The highest BCUT2D eigenvalue weighted by Gasteiger charge is 2.38. The molecule has 0 saturated carbocycles. The molecule has 2 heterocycles. The van der Waals surface area contributed by atoms with E-state index in [1.165, 1.54) is 12.8 Å². The Morgan fingerprint density at radius 1 is 1.56 bits per heavy atom. The Kier molecular flexibility index (Phi) is 3.69. The molecule has 0 aromatic rings. The Morgan fingerprint density at radius 3 is 3.25 bits per heavy atom. The summed E-state index contributed by atoms with van der Waals surface area (Å²) in [5.74, 6) is 6.50. The summed E-state index contributed by atoms with van der Waals surface area (Å²) >= 11 is 0. The van der Waals surface area contributed by atoms with Crippen LogP contribution in [0.5, 0.6) is 0 Å². The normalized spacial score (nSPS) is 29.4. The van der Waals surface area contributed by atoms with E-state index >= 15 is 0 Å². The standard InChI is InChI=1S/C14H18O2/c1-2-3-4-5-6-8-13-9-11-14(16-13)10-7-12-15-14/h8-9,11H,2-4,7,10,12H2,1H3/b13-8-. The maximum absolute atomic E-state index is 5.74. The van der Waals surface area contributed by atoms with Gasteiger partial charge in [0.1, 0.15) is 5.76 Å². The summed E-state index contributed by atoms with van der Waals surface area (Å²) in [7, 11) is 0. The fourth-order valence-corrected chi connectivity index (χ4v) is 1.86. The zero-order valence-electron chi connectivity index (χ0n) is 9.79. The van der Waals surface area contributed by atoms with E-state index in [0.29, 0.717) is 0 Å². The summed E-state index contributed by atoms with van der Waals surface area (Å²) in [4.78, 5) is 0. The van der Waals surface area contributed by atoms with Crippen molar-refractivity contribution in [2.45, 2.75) is 44.8 Å². The molecule has 0 aliphatic carbocycles. The van der Waals surface area contributed by atoms with Crippen molar-refractivity contribution >= 4 is 0 Å². The van der Waals surface area contributed by atoms with E-state index in [2.05, 4.69) is 18.8 Å². The van der Waals surface area contributed by atoms with Crippen LogP contribution >= 0.6 is 0 Å². The molecule has 2 aliphatic heterocycles. The lowest BCUT2D eigenvalue weighted by molar-refractivity contribution is -0.135. The van der Waals surface area contributed by atoms with E-state index in [-0.39, 0.29) is 0 Å². The lowest BCUT2D eigenvalue weighted by atomic mass is 10.2. The molecule has 0 bridgehead atoms. The van der Waals surface area contributed by atoms with Crippen LogP contribution in [-0.2, 0) is 9.47 Å². The first-order valence-electron chi connectivity index (χ1n) is 6.05. The fourth-order valence-electron chi connectivity index (χ4n) is 1.86. The van der Waals surface area contributed by atoms with Gasteiger partial charge in [0, 0.05) is 18.9 Å². The molecule has 0 amide bonds. The molecule has 2 heteroatoms. The van der Waals surface area contributed by atoms with Crippen LogP contribution in [0.4, 0.5) is 0 Å². The third-order valence-electron chi connectivity index (χ3n) is 2.78. The van der Waals surface area contributed by atoms with Gasteiger partial charge in [0.05, 0.1) is 6.61 Å². The number of rotatable bonds is 2. The zero-order valence-corrected chi connectivity index (χ0v) is 9.79. The van der Waals surface area contributed by atoms with Gasteiger partial charge in [-0.15, -0.1) is 0 Å². The summed E-state index contributed by atoms with van der Waals surface area (Å²) in [5, 5.41) is 0. The van der Waals surface area contributed by atoms with E-state index in [0.717, 1.165) is 31.6 Å². The SMILES string of the molecule is CCCCC#C/C=C1/C=CC2(CCCO2)O1. The second kappa shape index (κ2) is 5.23. The van der Waals surface area contributed by atoms with Gasteiger partial charge in [-0.3, -0.25) is 0 Å². The predicted molar refractivity (Wildman–Crippen MR) is 63.5 cm³/mol. The quantitative estimate of drug-likeness (QED) is 0.523. The van der Waals surface area contributed by atoms with Crippen LogP contribution < -0.4 is 0 Å². The Morgan fingerprint density at radius 2 is 2.50 bits per heavy atom. The number of hydrogen-bond donors (Lipinski definition) is 0. The summed E-state index contributed by atoms with van der Waals surface area (Å²) < 4.78 is 11.3. The summed E-state index contributed by atoms with van der Waals surface area (Å²) in [6, 6.07) is 0. The van der Waals surface area contributed by atoms with Crippen LogP contribution in [0.3, 0.4) is 0 Å². The lowest BCUT2D eigenvalue weighted by Crippen LogP contribution is -2.24. The minimum atomic E-state index is -0.461. The molecule has 0 N–H and O–H groups in total. The van der Waals surface area contributed by atoms with E-state index in [9.17, 15) is 0 Å². The first-order chi connectivity index (χ1) is 7.85. The Hall–Kier alpha value is -1.20. The molecule has 1 unspecified atom stereocenters. The lowest BCUT2D eigenvalue weighted by Gasteiger charge is -2.20. The third kappa shape index (κ3) is 2.68. The summed E-state index contributed by atoms with van der Waals surface area (Å²) in [5.41, 5.74) is 0. The molecule has 0 aromatic heterocycles. The Balaban J connectivity index is 1.86. The smallest absolute Gasteiger partial charge is 0.230 e. The van der Waals surface area contributed by atoms with Crippen molar-refractivity contribution in [2.75, 3.05) is 6.61 Å². The van der Waals surface area contributed by atoms with Crippen molar-refractivity contribution in [1.29, 1.82) is 0 Å². The van der Waals surface area contributed by atoms with Crippen LogP contribution in [0, 0.1) is 11.8 Å². The Labute approximate surface area is 97.3 Å². The van der Waals surface area contributed by atoms with Crippen molar-refractivity contribution < 1.29 is 9.47 Å². The number of unbranched alkanes of at least 4 members (excludes halogenated alkanes) is 2. The molecule has 1 spiro atoms. The molecular weight excluding hydrogens is 200 g/mol. The molecular formula is C14H18O2. The fraction of sp³-hybridized carbons (Fsp3) is 0.571. The average Bonchev–Trinajstić information content (AvgIpc) is 2.90. The molecule has 0 aromatic carbocycles. The van der Waals surface area contributed by atoms with Gasteiger partial charge >= 0.3 is 0 Å². The molecule has 0 radical (unpaired) electrons. The zero-order chi connectivity index (χ0) is 11.3. The van der Waals surface area contributed by atoms with E-state index in [1.54, 1.807) is 0 Å². The van der Waals surface area contributed by atoms with Crippen LogP contribution in [0.15, 0.2) is 24.0 Å². The van der Waals surface area contributed by atoms with Crippen LogP contribution in [0.25, 0.3) is 0 Å². The Bertz CT molecular complexity index is 349. The summed E-state index contributed by atoms with van der Waals surface area (Å²) in [6.45, 7) is 2.96. The van der Waals surface area contributed by atoms with Crippen LogP contribution in [-0.4, -0.2) is 12.4 Å². The van der Waals surface area contributed by atoms with Crippen molar-refractivity contribution in [1.82, 2.24) is 0 Å². The van der Waals surface area contributed by atoms with E-state index in [4.69, 9.17) is 9.47 Å². The van der Waals surface area contributed by atoms with Crippen molar-refractivity contribution in [3.8, 4) is 11.8 Å². The highest BCUT2D eigenvalue weighted by molar-refractivity contribution is 5.30. The molecule has 86 valence electrons. The van der Waals surface area contributed by atoms with Gasteiger partial charge in [0.15, 0.2) is 0 Å². The molecule has 2 aliphatic rings. The highest BCUT2D eigenvalue weighted by atomic mass is 16.7. The summed E-state index contributed by atoms with van der Waals surface area (Å²) in [6.07, 6.45) is 11.1. The van der Waals surface area contributed by atoms with Gasteiger partial charge in [-0.05, 0) is 25.0 Å². The highest BCUT2D eigenvalue weighted by Crippen LogP contribution is 2.35. The number of hydrogen-bond acceptors (Lipinski definition) is 2. The maximum atomic E-state index is 5.74. The van der Waals surface area contributed by atoms with Gasteiger partial charge < -0.3 is 9.47 Å². The molecule has 2 rings (SSSR count). The minimum Gasteiger partial charge on any atom is -0.458 e. The first kappa shape index (κ1) is 11.3. The molecule has 1 fully saturated rings. The third-order valence-corrected chi connectivity index (χ3v) is 2.78. The van der Waals surface area contributed by atoms with Crippen molar-refractivity contribution in [3.05, 3.63) is 24.0 Å². The second-order valence-corrected chi connectivity index (χ2v) is 4.17. The maximum Gasteiger partial charge on any atom is 0.230 e. The van der Waals surface area contributed by atoms with E-state index in [1.807, 2.05) is 18.2 Å². The predicted octanol–water partition coefficient (Wildman–Crippen LogP) is 3.16.